The quantitative estimate of drug-likeness (QED) is 0.684. The molecule has 2 aliphatic carbocycles. The van der Waals surface area contributed by atoms with Gasteiger partial charge in [0.1, 0.15) is 12.1 Å². The normalized spacial score (nSPS) is 30.9. The standard InChI is InChI=1S/C21H35N3O4/c1-19(2,3)15(22-18(28)23-20(4,5)6)16(25)24-11-21(10-14(24)17(26)27)9-13(21)12-7-8-12/h12-15H,7-11H2,1-6H3,(H,26,27)(H2,22,23,28)/t13-,14-,15+,21+/m0/s1. The predicted molar refractivity (Wildman–Crippen MR) is 106 cm³/mol. The van der Waals surface area contributed by atoms with Gasteiger partial charge in [0, 0.05) is 12.1 Å². The summed E-state index contributed by atoms with van der Waals surface area (Å²) in [5, 5.41) is 15.4. The molecular weight excluding hydrogens is 358 g/mol. The molecule has 1 heterocycles. The van der Waals surface area contributed by atoms with Gasteiger partial charge in [-0.1, -0.05) is 20.8 Å². The predicted octanol–water partition coefficient (Wildman–Crippen LogP) is 2.60. The van der Waals surface area contributed by atoms with Gasteiger partial charge in [-0.2, -0.15) is 0 Å². The fraction of sp³-hybridized carbons (Fsp3) is 0.857. The molecule has 7 heteroatoms. The van der Waals surface area contributed by atoms with Crippen molar-refractivity contribution in [2.24, 2.45) is 22.7 Å². The Hall–Kier alpha value is -1.79. The average Bonchev–Trinajstić information content (AvgIpc) is 3.38. The summed E-state index contributed by atoms with van der Waals surface area (Å²) in [7, 11) is 0. The Kier molecular flexibility index (Phi) is 4.96. The van der Waals surface area contributed by atoms with Crippen LogP contribution in [0.4, 0.5) is 4.79 Å². The first-order chi connectivity index (χ1) is 12.7. The van der Waals surface area contributed by atoms with E-state index in [-0.39, 0.29) is 11.3 Å². The second-order valence-electron chi connectivity index (χ2n) is 11.2. The van der Waals surface area contributed by atoms with Gasteiger partial charge in [0.05, 0.1) is 0 Å². The number of likely N-dealkylation sites (tertiary alicyclic amines) is 1. The Balaban J connectivity index is 1.77. The van der Waals surface area contributed by atoms with Gasteiger partial charge in [-0.3, -0.25) is 4.79 Å². The molecule has 0 radical (unpaired) electrons. The molecule has 0 aromatic carbocycles. The van der Waals surface area contributed by atoms with E-state index in [1.165, 1.54) is 17.7 Å². The average molecular weight is 394 g/mol. The van der Waals surface area contributed by atoms with Gasteiger partial charge >= 0.3 is 12.0 Å². The van der Waals surface area contributed by atoms with E-state index in [1.54, 1.807) is 0 Å². The van der Waals surface area contributed by atoms with E-state index in [2.05, 4.69) is 10.6 Å². The number of nitrogens with one attached hydrogen (secondary N) is 2. The molecule has 1 spiro atoms. The molecule has 3 N–H and O–H groups in total. The van der Waals surface area contributed by atoms with Gasteiger partial charge in [0.15, 0.2) is 0 Å². The topological polar surface area (TPSA) is 98.7 Å². The number of amides is 3. The molecule has 1 aliphatic heterocycles. The molecule has 2 saturated carbocycles. The van der Waals surface area contributed by atoms with Gasteiger partial charge in [-0.05, 0) is 69.1 Å². The third-order valence-corrected chi connectivity index (χ3v) is 6.35. The van der Waals surface area contributed by atoms with Crippen molar-refractivity contribution in [2.75, 3.05) is 6.54 Å². The summed E-state index contributed by atoms with van der Waals surface area (Å²) in [6, 6.07) is -2.00. The fourth-order valence-electron chi connectivity index (χ4n) is 4.74. The highest BCUT2D eigenvalue weighted by Crippen LogP contribution is 2.67. The van der Waals surface area contributed by atoms with Crippen LogP contribution in [-0.4, -0.2) is 52.1 Å². The van der Waals surface area contributed by atoms with E-state index in [0.29, 0.717) is 18.9 Å². The smallest absolute Gasteiger partial charge is 0.326 e. The summed E-state index contributed by atoms with van der Waals surface area (Å²) >= 11 is 0. The maximum Gasteiger partial charge on any atom is 0.326 e. The summed E-state index contributed by atoms with van der Waals surface area (Å²) in [6.07, 6.45) is 4.04. The highest BCUT2D eigenvalue weighted by atomic mass is 16.4. The molecule has 0 aromatic rings. The fourth-order valence-corrected chi connectivity index (χ4v) is 4.74. The van der Waals surface area contributed by atoms with Gasteiger partial charge < -0.3 is 20.6 Å². The van der Waals surface area contributed by atoms with Crippen LogP contribution in [0.5, 0.6) is 0 Å². The third-order valence-electron chi connectivity index (χ3n) is 6.35. The number of nitrogens with zero attached hydrogens (tertiary/aromatic N) is 1. The summed E-state index contributed by atoms with van der Waals surface area (Å²) < 4.78 is 0. The summed E-state index contributed by atoms with van der Waals surface area (Å²) in [4.78, 5) is 39.3. The Labute approximate surface area is 167 Å². The molecule has 0 unspecified atom stereocenters. The first-order valence-electron chi connectivity index (χ1n) is 10.4. The van der Waals surface area contributed by atoms with Crippen molar-refractivity contribution in [3.05, 3.63) is 0 Å². The van der Waals surface area contributed by atoms with E-state index < -0.39 is 35.0 Å². The largest absolute Gasteiger partial charge is 0.480 e. The van der Waals surface area contributed by atoms with E-state index >= 15 is 0 Å². The lowest BCUT2D eigenvalue weighted by atomic mass is 9.85. The summed E-state index contributed by atoms with van der Waals surface area (Å²) in [5.74, 6) is 0.0525. The number of rotatable bonds is 4. The van der Waals surface area contributed by atoms with Crippen LogP contribution in [-0.2, 0) is 9.59 Å². The molecule has 0 aromatic heterocycles. The maximum atomic E-state index is 13.4. The first kappa shape index (κ1) is 20.9. The molecule has 3 fully saturated rings. The molecule has 0 bridgehead atoms. The van der Waals surface area contributed by atoms with Crippen LogP contribution in [0.25, 0.3) is 0 Å². The highest BCUT2D eigenvalue weighted by Gasteiger charge is 2.66. The SMILES string of the molecule is CC(C)(C)NC(=O)N[C@H](C(=O)N1C[C@]2(C[C@H]1C(=O)O)C[C@H]2C1CC1)C(C)(C)C. The minimum Gasteiger partial charge on any atom is -0.480 e. The lowest BCUT2D eigenvalue weighted by molar-refractivity contribution is -0.150. The van der Waals surface area contributed by atoms with Crippen molar-refractivity contribution in [3.63, 3.8) is 0 Å². The van der Waals surface area contributed by atoms with Crippen LogP contribution in [0.1, 0.15) is 67.2 Å². The van der Waals surface area contributed by atoms with Crippen molar-refractivity contribution >= 4 is 17.9 Å². The van der Waals surface area contributed by atoms with E-state index in [0.717, 1.165) is 12.3 Å². The third kappa shape index (κ3) is 4.28. The Bertz CT molecular complexity index is 674. The monoisotopic (exact) mass is 393 g/mol. The molecule has 3 aliphatic rings. The highest BCUT2D eigenvalue weighted by molar-refractivity contribution is 5.91. The van der Waals surface area contributed by atoms with E-state index in [4.69, 9.17) is 0 Å². The summed E-state index contributed by atoms with van der Waals surface area (Å²) in [6.45, 7) is 11.8. The molecular formula is C21H35N3O4. The second-order valence-corrected chi connectivity index (χ2v) is 11.2. The van der Waals surface area contributed by atoms with Crippen molar-refractivity contribution in [2.45, 2.75) is 84.8 Å². The lowest BCUT2D eigenvalue weighted by Crippen LogP contribution is -2.60. The van der Waals surface area contributed by atoms with Gasteiger partial charge in [-0.15, -0.1) is 0 Å². The number of aliphatic carboxylic acids is 1. The number of hydrogen-bond acceptors (Lipinski definition) is 3. The van der Waals surface area contributed by atoms with Crippen LogP contribution in [0.2, 0.25) is 0 Å². The van der Waals surface area contributed by atoms with Crippen molar-refractivity contribution < 1.29 is 19.5 Å². The van der Waals surface area contributed by atoms with E-state index in [1.807, 2.05) is 41.5 Å². The number of urea groups is 1. The molecule has 3 amide bonds. The Morgan fingerprint density at radius 1 is 1.07 bits per heavy atom. The van der Waals surface area contributed by atoms with Gasteiger partial charge in [0.2, 0.25) is 5.91 Å². The molecule has 3 rings (SSSR count). The second kappa shape index (κ2) is 6.63. The number of hydrogen-bond donors (Lipinski definition) is 3. The van der Waals surface area contributed by atoms with Crippen LogP contribution in [0.3, 0.4) is 0 Å². The van der Waals surface area contributed by atoms with Crippen LogP contribution < -0.4 is 10.6 Å². The van der Waals surface area contributed by atoms with Gasteiger partial charge in [-0.25, -0.2) is 9.59 Å². The Morgan fingerprint density at radius 2 is 1.68 bits per heavy atom. The summed E-state index contributed by atoms with van der Waals surface area (Å²) in [5.41, 5.74) is -0.983. The van der Waals surface area contributed by atoms with Crippen molar-refractivity contribution in [3.8, 4) is 0 Å². The zero-order chi connectivity index (χ0) is 21.1. The molecule has 1 saturated heterocycles. The molecule has 28 heavy (non-hydrogen) atoms. The number of carboxylic acid groups (broad SMARTS) is 1. The first-order valence-corrected chi connectivity index (χ1v) is 10.4. The van der Waals surface area contributed by atoms with Crippen LogP contribution >= 0.6 is 0 Å². The lowest BCUT2D eigenvalue weighted by Gasteiger charge is -2.35. The van der Waals surface area contributed by atoms with Crippen molar-refractivity contribution in [1.29, 1.82) is 0 Å². The van der Waals surface area contributed by atoms with E-state index in [9.17, 15) is 19.5 Å². The minimum absolute atomic E-state index is 0.0179. The molecule has 158 valence electrons. The van der Waals surface area contributed by atoms with Crippen LogP contribution in [0, 0.1) is 22.7 Å². The molecule has 7 nitrogen and oxygen atoms in total. The zero-order valence-electron chi connectivity index (χ0n) is 18.0. The Morgan fingerprint density at radius 3 is 2.14 bits per heavy atom. The number of carboxylic acids is 1. The van der Waals surface area contributed by atoms with Crippen molar-refractivity contribution in [1.82, 2.24) is 15.5 Å². The van der Waals surface area contributed by atoms with Gasteiger partial charge in [0.25, 0.3) is 0 Å². The maximum absolute atomic E-state index is 13.4. The number of carbonyl (C=O) groups is 3. The zero-order valence-corrected chi connectivity index (χ0v) is 18.0. The number of carbonyl (C=O) groups excluding carboxylic acids is 2. The minimum atomic E-state index is -0.946. The van der Waals surface area contributed by atoms with Crippen LogP contribution in [0.15, 0.2) is 0 Å². The molecule has 4 atom stereocenters.